The summed E-state index contributed by atoms with van der Waals surface area (Å²) in [7, 11) is 0. The summed E-state index contributed by atoms with van der Waals surface area (Å²) >= 11 is 11.7. The predicted molar refractivity (Wildman–Crippen MR) is 87.1 cm³/mol. The zero-order valence-electron chi connectivity index (χ0n) is 12.3. The average molecular weight is 344 g/mol. The Morgan fingerprint density at radius 1 is 1.36 bits per heavy atom. The van der Waals surface area contributed by atoms with Crippen LogP contribution in [-0.2, 0) is 4.79 Å². The van der Waals surface area contributed by atoms with Gasteiger partial charge in [0.05, 0.1) is 16.6 Å². The lowest BCUT2D eigenvalue weighted by atomic mass is 10.1. The topological polar surface area (TPSA) is 75.4 Å². The van der Waals surface area contributed by atoms with Gasteiger partial charge in [-0.05, 0) is 44.0 Å². The molecule has 1 aromatic carbocycles. The standard InChI is InChI=1S/C15H19Cl2N3O2/c1-9-4-10(6-18)8-20(9)14(21)7-19-15(22)11-2-3-12(16)13(17)5-11/h2-3,5,9-10H,4,6-8,18H2,1H3,(H,19,22). The van der Waals surface area contributed by atoms with Gasteiger partial charge in [0.25, 0.3) is 5.91 Å². The van der Waals surface area contributed by atoms with Crippen LogP contribution >= 0.6 is 23.2 Å². The molecule has 0 spiro atoms. The van der Waals surface area contributed by atoms with E-state index in [2.05, 4.69) is 5.32 Å². The van der Waals surface area contributed by atoms with Crippen LogP contribution < -0.4 is 11.1 Å². The second-order valence-corrected chi connectivity index (χ2v) is 6.36. The number of hydrogen-bond donors (Lipinski definition) is 2. The summed E-state index contributed by atoms with van der Waals surface area (Å²) in [5.41, 5.74) is 6.02. The molecule has 120 valence electrons. The van der Waals surface area contributed by atoms with Gasteiger partial charge in [-0.2, -0.15) is 0 Å². The van der Waals surface area contributed by atoms with E-state index in [4.69, 9.17) is 28.9 Å². The van der Waals surface area contributed by atoms with Gasteiger partial charge in [0.2, 0.25) is 5.91 Å². The Balaban J connectivity index is 1.90. The molecule has 1 fully saturated rings. The third kappa shape index (κ3) is 3.91. The van der Waals surface area contributed by atoms with E-state index in [1.165, 1.54) is 6.07 Å². The summed E-state index contributed by atoms with van der Waals surface area (Å²) in [6.45, 7) is 3.18. The zero-order chi connectivity index (χ0) is 16.3. The number of carbonyl (C=O) groups is 2. The smallest absolute Gasteiger partial charge is 0.251 e. The third-order valence-corrected chi connectivity index (χ3v) is 4.64. The number of nitrogens with zero attached hydrogens (tertiary/aromatic N) is 1. The van der Waals surface area contributed by atoms with Gasteiger partial charge in [0.1, 0.15) is 0 Å². The average Bonchev–Trinajstić information content (AvgIpc) is 2.88. The SMILES string of the molecule is CC1CC(CN)CN1C(=O)CNC(=O)c1ccc(Cl)c(Cl)c1. The number of carbonyl (C=O) groups excluding carboxylic acids is 2. The monoisotopic (exact) mass is 343 g/mol. The first-order valence-electron chi connectivity index (χ1n) is 7.15. The minimum absolute atomic E-state index is 0.0410. The molecule has 2 unspecified atom stereocenters. The number of hydrogen-bond acceptors (Lipinski definition) is 3. The van der Waals surface area contributed by atoms with Crippen LogP contribution in [0.2, 0.25) is 10.0 Å². The fourth-order valence-electron chi connectivity index (χ4n) is 2.66. The predicted octanol–water partition coefficient (Wildman–Crippen LogP) is 1.92. The van der Waals surface area contributed by atoms with E-state index in [0.717, 1.165) is 6.42 Å². The quantitative estimate of drug-likeness (QED) is 0.876. The minimum atomic E-state index is -0.353. The number of nitrogens with two attached hydrogens (primary N) is 1. The van der Waals surface area contributed by atoms with Crippen molar-refractivity contribution in [3.05, 3.63) is 33.8 Å². The lowest BCUT2D eigenvalue weighted by molar-refractivity contribution is -0.130. The maximum Gasteiger partial charge on any atom is 0.251 e. The van der Waals surface area contributed by atoms with Crippen molar-refractivity contribution in [3.8, 4) is 0 Å². The van der Waals surface area contributed by atoms with Crippen molar-refractivity contribution in [1.29, 1.82) is 0 Å². The highest BCUT2D eigenvalue weighted by atomic mass is 35.5. The Labute approximate surface area is 139 Å². The molecular formula is C15H19Cl2N3O2. The van der Waals surface area contributed by atoms with Crippen LogP contribution in [0.25, 0.3) is 0 Å². The van der Waals surface area contributed by atoms with E-state index >= 15 is 0 Å². The molecule has 0 bridgehead atoms. The first-order chi connectivity index (χ1) is 10.4. The Morgan fingerprint density at radius 3 is 2.68 bits per heavy atom. The number of halogens is 2. The second-order valence-electron chi connectivity index (χ2n) is 5.54. The van der Waals surface area contributed by atoms with Gasteiger partial charge in [0.15, 0.2) is 0 Å². The normalized spacial score (nSPS) is 21.0. The fourth-order valence-corrected chi connectivity index (χ4v) is 2.96. The van der Waals surface area contributed by atoms with Crippen LogP contribution in [0.3, 0.4) is 0 Å². The summed E-state index contributed by atoms with van der Waals surface area (Å²) in [6, 6.07) is 4.75. The molecule has 1 heterocycles. The van der Waals surface area contributed by atoms with Gasteiger partial charge >= 0.3 is 0 Å². The second kappa shape index (κ2) is 7.31. The van der Waals surface area contributed by atoms with Crippen molar-refractivity contribution in [3.63, 3.8) is 0 Å². The zero-order valence-corrected chi connectivity index (χ0v) is 13.8. The summed E-state index contributed by atoms with van der Waals surface area (Å²) in [5, 5.41) is 3.30. The van der Waals surface area contributed by atoms with Gasteiger partial charge in [-0.25, -0.2) is 0 Å². The summed E-state index contributed by atoms with van der Waals surface area (Å²) in [5.74, 6) is -0.115. The first kappa shape index (κ1) is 17.1. The van der Waals surface area contributed by atoms with Crippen LogP contribution in [0.5, 0.6) is 0 Å². The van der Waals surface area contributed by atoms with Crippen LogP contribution in [-0.4, -0.2) is 42.4 Å². The third-order valence-electron chi connectivity index (χ3n) is 3.90. The molecule has 0 saturated carbocycles. The largest absolute Gasteiger partial charge is 0.343 e. The Hall–Kier alpha value is -1.30. The lowest BCUT2D eigenvalue weighted by Gasteiger charge is -2.21. The summed E-state index contributed by atoms with van der Waals surface area (Å²) < 4.78 is 0. The molecule has 2 rings (SSSR count). The van der Waals surface area contributed by atoms with Gasteiger partial charge in [0, 0.05) is 18.2 Å². The molecule has 2 atom stereocenters. The highest BCUT2D eigenvalue weighted by Crippen LogP contribution is 2.23. The Kier molecular flexibility index (Phi) is 5.67. The minimum Gasteiger partial charge on any atom is -0.343 e. The van der Waals surface area contributed by atoms with Gasteiger partial charge < -0.3 is 16.0 Å². The molecular weight excluding hydrogens is 325 g/mol. The maximum atomic E-state index is 12.2. The van der Waals surface area contributed by atoms with Crippen molar-refractivity contribution in [2.24, 2.45) is 11.7 Å². The summed E-state index contributed by atoms with van der Waals surface area (Å²) in [4.78, 5) is 26.0. The van der Waals surface area contributed by atoms with Gasteiger partial charge in [-0.1, -0.05) is 23.2 Å². The Morgan fingerprint density at radius 2 is 2.09 bits per heavy atom. The molecule has 0 aromatic heterocycles. The highest BCUT2D eigenvalue weighted by molar-refractivity contribution is 6.42. The van der Waals surface area contributed by atoms with Crippen molar-refractivity contribution >= 4 is 35.0 Å². The molecule has 7 heteroatoms. The van der Waals surface area contributed by atoms with Gasteiger partial charge in [-0.15, -0.1) is 0 Å². The number of likely N-dealkylation sites (tertiary alicyclic amines) is 1. The number of rotatable bonds is 4. The van der Waals surface area contributed by atoms with Crippen LogP contribution in [0.4, 0.5) is 0 Å². The first-order valence-corrected chi connectivity index (χ1v) is 7.90. The Bertz CT molecular complexity index is 580. The summed E-state index contributed by atoms with van der Waals surface area (Å²) in [6.07, 6.45) is 0.906. The lowest BCUT2D eigenvalue weighted by Crippen LogP contribution is -2.42. The molecule has 1 aromatic rings. The van der Waals surface area contributed by atoms with E-state index in [-0.39, 0.29) is 24.4 Å². The number of amides is 2. The highest BCUT2D eigenvalue weighted by Gasteiger charge is 2.31. The van der Waals surface area contributed by atoms with E-state index in [1.54, 1.807) is 17.0 Å². The van der Waals surface area contributed by atoms with Crippen molar-refractivity contribution in [1.82, 2.24) is 10.2 Å². The number of benzene rings is 1. The molecule has 1 saturated heterocycles. The van der Waals surface area contributed by atoms with Crippen LogP contribution in [0, 0.1) is 5.92 Å². The molecule has 2 amide bonds. The number of nitrogens with one attached hydrogen (secondary N) is 1. The van der Waals surface area contributed by atoms with Gasteiger partial charge in [-0.3, -0.25) is 9.59 Å². The molecule has 5 nitrogen and oxygen atoms in total. The maximum absolute atomic E-state index is 12.2. The molecule has 1 aliphatic heterocycles. The van der Waals surface area contributed by atoms with E-state index in [0.29, 0.717) is 34.6 Å². The molecule has 22 heavy (non-hydrogen) atoms. The van der Waals surface area contributed by atoms with E-state index in [9.17, 15) is 9.59 Å². The molecule has 1 aliphatic rings. The van der Waals surface area contributed by atoms with Crippen LogP contribution in [0.1, 0.15) is 23.7 Å². The van der Waals surface area contributed by atoms with Crippen LogP contribution in [0.15, 0.2) is 18.2 Å². The molecule has 0 radical (unpaired) electrons. The molecule has 0 aliphatic carbocycles. The van der Waals surface area contributed by atoms with Crippen molar-refractivity contribution in [2.75, 3.05) is 19.6 Å². The molecule has 3 N–H and O–H groups in total. The van der Waals surface area contributed by atoms with Crippen molar-refractivity contribution < 1.29 is 9.59 Å². The van der Waals surface area contributed by atoms with E-state index in [1.807, 2.05) is 6.92 Å². The van der Waals surface area contributed by atoms with Crippen molar-refractivity contribution in [2.45, 2.75) is 19.4 Å². The van der Waals surface area contributed by atoms with E-state index < -0.39 is 0 Å². The fraction of sp³-hybridized carbons (Fsp3) is 0.467.